The maximum absolute atomic E-state index is 4.92. The lowest BCUT2D eigenvalue weighted by Gasteiger charge is -2.38. The summed E-state index contributed by atoms with van der Waals surface area (Å²) in [4.78, 5) is 11.9. The van der Waals surface area contributed by atoms with E-state index < -0.39 is 0 Å². The Morgan fingerprint density at radius 2 is 1.96 bits per heavy atom. The normalized spacial score (nSPS) is 21.7. The first-order valence-electron chi connectivity index (χ1n) is 9.97. The van der Waals surface area contributed by atoms with Crippen molar-refractivity contribution < 1.29 is 4.52 Å². The summed E-state index contributed by atoms with van der Waals surface area (Å²) in [5.41, 5.74) is 1.01. The van der Waals surface area contributed by atoms with E-state index in [1.54, 1.807) is 6.26 Å². The molecule has 0 saturated carbocycles. The van der Waals surface area contributed by atoms with E-state index in [9.17, 15) is 0 Å². The fraction of sp³-hybridized carbons (Fsp3) is 0.789. The summed E-state index contributed by atoms with van der Waals surface area (Å²) in [7, 11) is 1.89. The van der Waals surface area contributed by atoms with Crippen LogP contribution in [0.3, 0.4) is 0 Å². The van der Waals surface area contributed by atoms with Crippen LogP contribution in [0.25, 0.3) is 0 Å². The van der Waals surface area contributed by atoms with E-state index in [2.05, 4.69) is 44.0 Å². The molecule has 2 saturated heterocycles. The van der Waals surface area contributed by atoms with Gasteiger partial charge in [0.2, 0.25) is 0 Å². The average Bonchev–Trinajstić information content (AvgIpc) is 3.17. The fourth-order valence-corrected chi connectivity index (χ4v) is 3.84. The number of piperazine rings is 1. The summed E-state index contributed by atoms with van der Waals surface area (Å²) in [6, 6.07) is 2.49. The van der Waals surface area contributed by atoms with Crippen LogP contribution in [0.4, 0.5) is 0 Å². The van der Waals surface area contributed by atoms with Gasteiger partial charge in [0.25, 0.3) is 0 Å². The van der Waals surface area contributed by atoms with E-state index in [-0.39, 0.29) is 24.0 Å². The Balaban J connectivity index is 0.00000261. The number of piperidine rings is 1. The van der Waals surface area contributed by atoms with Crippen LogP contribution in [0.15, 0.2) is 21.8 Å². The number of aromatic nitrogens is 1. The van der Waals surface area contributed by atoms with Crippen molar-refractivity contribution in [1.82, 2.24) is 25.2 Å². The van der Waals surface area contributed by atoms with Gasteiger partial charge in [-0.05, 0) is 38.8 Å². The monoisotopic (exact) mass is 490 g/mol. The first-order valence-corrected chi connectivity index (χ1v) is 9.97. The molecule has 8 heteroatoms. The summed E-state index contributed by atoms with van der Waals surface area (Å²) in [5.74, 6) is 1.91. The van der Waals surface area contributed by atoms with Crippen molar-refractivity contribution >= 4 is 29.9 Å². The van der Waals surface area contributed by atoms with Crippen LogP contribution in [-0.2, 0) is 6.54 Å². The van der Waals surface area contributed by atoms with Gasteiger partial charge in [-0.2, -0.15) is 0 Å². The average molecular weight is 490 g/mol. The molecule has 0 amide bonds. The quantitative estimate of drug-likeness (QED) is 0.388. The molecule has 7 nitrogen and oxygen atoms in total. The number of hydrogen-bond donors (Lipinski definition) is 1. The third kappa shape index (κ3) is 6.60. The van der Waals surface area contributed by atoms with Crippen molar-refractivity contribution in [2.45, 2.75) is 39.3 Å². The van der Waals surface area contributed by atoms with Crippen LogP contribution in [0.1, 0.15) is 32.4 Å². The van der Waals surface area contributed by atoms with Crippen LogP contribution in [0, 0.1) is 5.92 Å². The van der Waals surface area contributed by atoms with Crippen molar-refractivity contribution in [3.8, 4) is 0 Å². The Morgan fingerprint density at radius 1 is 1.26 bits per heavy atom. The maximum atomic E-state index is 4.92. The van der Waals surface area contributed by atoms with E-state index >= 15 is 0 Å². The largest absolute Gasteiger partial charge is 0.364 e. The minimum absolute atomic E-state index is 0. The van der Waals surface area contributed by atoms with Gasteiger partial charge in [0.05, 0.1) is 5.69 Å². The van der Waals surface area contributed by atoms with Crippen LogP contribution >= 0.6 is 24.0 Å². The third-order valence-electron chi connectivity index (χ3n) is 5.76. The highest BCUT2D eigenvalue weighted by atomic mass is 127. The first kappa shape index (κ1) is 22.4. The van der Waals surface area contributed by atoms with Gasteiger partial charge in [0, 0.05) is 58.4 Å². The standard InChI is InChI=1S/C19H34N6O.HI/c1-16-4-7-24(8-5-16)17(2)14-21-19(20-3)25-11-9-23(10-12-25)15-18-6-13-26-22-18;/h6,13,16-17H,4-5,7-12,14-15H2,1-3H3,(H,20,21);1H. The van der Waals surface area contributed by atoms with Gasteiger partial charge in [-0.1, -0.05) is 12.1 Å². The Kier molecular flexibility index (Phi) is 9.31. The highest BCUT2D eigenvalue weighted by molar-refractivity contribution is 14.0. The van der Waals surface area contributed by atoms with Crippen molar-refractivity contribution in [3.05, 3.63) is 18.0 Å². The topological polar surface area (TPSA) is 60.1 Å². The molecular formula is C19H35IN6O. The lowest BCUT2D eigenvalue weighted by molar-refractivity contribution is 0.144. The predicted molar refractivity (Wildman–Crippen MR) is 120 cm³/mol. The zero-order chi connectivity index (χ0) is 18.4. The Bertz CT molecular complexity index is 551. The van der Waals surface area contributed by atoms with Crippen LogP contribution in [0.2, 0.25) is 0 Å². The third-order valence-corrected chi connectivity index (χ3v) is 5.76. The fourth-order valence-electron chi connectivity index (χ4n) is 3.84. The van der Waals surface area contributed by atoms with Crippen LogP contribution < -0.4 is 5.32 Å². The minimum Gasteiger partial charge on any atom is -0.364 e. The molecule has 2 fully saturated rings. The number of nitrogens with zero attached hydrogens (tertiary/aromatic N) is 5. The second-order valence-electron chi connectivity index (χ2n) is 7.75. The zero-order valence-corrected chi connectivity index (χ0v) is 19.3. The van der Waals surface area contributed by atoms with E-state index in [1.165, 1.54) is 25.9 Å². The molecular weight excluding hydrogens is 455 g/mol. The molecule has 0 radical (unpaired) electrons. The molecule has 0 bridgehead atoms. The summed E-state index contributed by atoms with van der Waals surface area (Å²) in [6.07, 6.45) is 4.29. The van der Waals surface area contributed by atoms with Gasteiger partial charge in [0.15, 0.2) is 5.96 Å². The highest BCUT2D eigenvalue weighted by Crippen LogP contribution is 2.17. The van der Waals surface area contributed by atoms with Crippen molar-refractivity contribution in [2.24, 2.45) is 10.9 Å². The molecule has 3 rings (SSSR count). The molecule has 0 spiro atoms. The summed E-state index contributed by atoms with van der Waals surface area (Å²) < 4.78 is 4.92. The first-order chi connectivity index (χ1) is 12.7. The predicted octanol–water partition coefficient (Wildman–Crippen LogP) is 2.11. The Hall–Kier alpha value is -0.870. The molecule has 1 aromatic heterocycles. The lowest BCUT2D eigenvalue weighted by Crippen LogP contribution is -2.54. The molecule has 1 unspecified atom stereocenters. The van der Waals surface area contributed by atoms with Gasteiger partial charge in [0.1, 0.15) is 6.26 Å². The van der Waals surface area contributed by atoms with Gasteiger partial charge in [-0.3, -0.25) is 14.8 Å². The number of halogens is 1. The molecule has 0 aliphatic carbocycles. The van der Waals surface area contributed by atoms with Crippen LogP contribution in [0.5, 0.6) is 0 Å². The van der Waals surface area contributed by atoms with Gasteiger partial charge in [-0.15, -0.1) is 24.0 Å². The SMILES string of the molecule is CN=C(NCC(C)N1CCC(C)CC1)N1CCN(Cc2ccon2)CC1.I. The maximum Gasteiger partial charge on any atom is 0.193 e. The summed E-state index contributed by atoms with van der Waals surface area (Å²) in [5, 5.41) is 7.60. The van der Waals surface area contributed by atoms with Gasteiger partial charge >= 0.3 is 0 Å². The number of rotatable bonds is 5. The summed E-state index contributed by atoms with van der Waals surface area (Å²) >= 11 is 0. The molecule has 1 N–H and O–H groups in total. The highest BCUT2D eigenvalue weighted by Gasteiger charge is 2.23. The molecule has 0 aromatic carbocycles. The van der Waals surface area contributed by atoms with Crippen LogP contribution in [-0.4, -0.2) is 84.7 Å². The number of nitrogens with one attached hydrogen (secondary N) is 1. The van der Waals surface area contributed by atoms with Crippen molar-refractivity contribution in [1.29, 1.82) is 0 Å². The second kappa shape index (κ2) is 11.2. The molecule has 2 aliphatic rings. The minimum atomic E-state index is 0. The second-order valence-corrected chi connectivity index (χ2v) is 7.75. The van der Waals surface area contributed by atoms with E-state index in [4.69, 9.17) is 4.52 Å². The van der Waals surface area contributed by atoms with E-state index in [0.717, 1.165) is 56.8 Å². The number of likely N-dealkylation sites (tertiary alicyclic amines) is 1. The Labute approximate surface area is 180 Å². The van der Waals surface area contributed by atoms with Crippen molar-refractivity contribution in [2.75, 3.05) is 52.9 Å². The molecule has 27 heavy (non-hydrogen) atoms. The van der Waals surface area contributed by atoms with E-state index in [1.807, 2.05) is 13.1 Å². The molecule has 154 valence electrons. The van der Waals surface area contributed by atoms with Gasteiger partial charge in [-0.25, -0.2) is 0 Å². The molecule has 1 aromatic rings. The smallest absolute Gasteiger partial charge is 0.193 e. The van der Waals surface area contributed by atoms with Crippen molar-refractivity contribution in [3.63, 3.8) is 0 Å². The molecule has 3 heterocycles. The Morgan fingerprint density at radius 3 is 2.56 bits per heavy atom. The number of aliphatic imine (C=N–C) groups is 1. The summed E-state index contributed by atoms with van der Waals surface area (Å²) in [6.45, 7) is 13.0. The zero-order valence-electron chi connectivity index (χ0n) is 16.9. The van der Waals surface area contributed by atoms with E-state index in [0.29, 0.717) is 6.04 Å². The van der Waals surface area contributed by atoms with Gasteiger partial charge < -0.3 is 14.7 Å². The number of guanidine groups is 1. The lowest BCUT2D eigenvalue weighted by atomic mass is 9.98. The molecule has 2 aliphatic heterocycles. The number of hydrogen-bond acceptors (Lipinski definition) is 5. The molecule has 1 atom stereocenters.